The summed E-state index contributed by atoms with van der Waals surface area (Å²) in [5.41, 5.74) is 11.6. The molecule has 16 heavy (non-hydrogen) atoms. The van der Waals surface area contributed by atoms with E-state index in [9.17, 15) is 9.59 Å². The predicted molar refractivity (Wildman–Crippen MR) is 62.0 cm³/mol. The molecule has 0 atom stereocenters. The van der Waals surface area contributed by atoms with Crippen molar-refractivity contribution < 1.29 is 9.59 Å². The maximum atomic E-state index is 11.6. The van der Waals surface area contributed by atoms with Crippen LogP contribution in [-0.2, 0) is 0 Å². The Morgan fingerprint density at radius 3 is 2.44 bits per heavy atom. The van der Waals surface area contributed by atoms with Crippen LogP contribution in [0.2, 0.25) is 0 Å². The van der Waals surface area contributed by atoms with Crippen molar-refractivity contribution >= 4 is 17.5 Å². The molecule has 0 aliphatic heterocycles. The summed E-state index contributed by atoms with van der Waals surface area (Å²) in [6.45, 7) is 2.54. The first-order chi connectivity index (χ1) is 7.54. The van der Waals surface area contributed by atoms with E-state index in [1.54, 1.807) is 0 Å². The van der Waals surface area contributed by atoms with Gasteiger partial charge in [-0.25, -0.2) is 0 Å². The van der Waals surface area contributed by atoms with E-state index >= 15 is 0 Å². The number of nitrogens with one attached hydrogen (secondary N) is 1. The monoisotopic (exact) mass is 221 g/mol. The van der Waals surface area contributed by atoms with E-state index in [1.807, 2.05) is 6.92 Å². The van der Waals surface area contributed by atoms with Gasteiger partial charge < -0.3 is 16.8 Å². The highest BCUT2D eigenvalue weighted by molar-refractivity contribution is 6.00. The number of carbonyl (C=O) groups is 2. The molecule has 0 bridgehead atoms. The second-order valence-electron chi connectivity index (χ2n) is 3.46. The molecule has 0 aliphatic rings. The Labute approximate surface area is 93.8 Å². The number of nitrogens with two attached hydrogens (primary N) is 2. The van der Waals surface area contributed by atoms with Gasteiger partial charge in [0.25, 0.3) is 5.91 Å². The Hall–Kier alpha value is -2.04. The van der Waals surface area contributed by atoms with Crippen LogP contribution < -0.4 is 16.8 Å². The molecule has 0 spiro atoms. The fraction of sp³-hybridized carbons (Fsp3) is 0.273. The van der Waals surface area contributed by atoms with E-state index in [2.05, 4.69) is 5.32 Å². The molecule has 2 amide bonds. The summed E-state index contributed by atoms with van der Waals surface area (Å²) in [6, 6.07) is 4.39. The van der Waals surface area contributed by atoms with Crippen LogP contribution >= 0.6 is 0 Å². The smallest absolute Gasteiger partial charge is 0.251 e. The molecule has 0 saturated heterocycles. The molecule has 0 aromatic heterocycles. The lowest BCUT2D eigenvalue weighted by molar-refractivity contribution is 0.0953. The molecule has 0 radical (unpaired) electrons. The lowest BCUT2D eigenvalue weighted by atomic mass is 10.1. The molecule has 86 valence electrons. The third kappa shape index (κ3) is 2.98. The fourth-order valence-electron chi connectivity index (χ4n) is 1.27. The molecule has 5 heteroatoms. The molecule has 0 unspecified atom stereocenters. The van der Waals surface area contributed by atoms with E-state index in [0.29, 0.717) is 17.8 Å². The maximum absolute atomic E-state index is 11.6. The summed E-state index contributed by atoms with van der Waals surface area (Å²) in [4.78, 5) is 22.6. The molecule has 1 aromatic rings. The zero-order valence-electron chi connectivity index (χ0n) is 9.12. The number of hydrogen-bond donors (Lipinski definition) is 3. The van der Waals surface area contributed by atoms with E-state index < -0.39 is 5.91 Å². The molecule has 0 saturated carbocycles. The summed E-state index contributed by atoms with van der Waals surface area (Å²) in [5.74, 6) is -0.853. The summed E-state index contributed by atoms with van der Waals surface area (Å²) < 4.78 is 0. The molecular formula is C11H15N3O2. The van der Waals surface area contributed by atoms with Crippen LogP contribution in [0.3, 0.4) is 0 Å². The van der Waals surface area contributed by atoms with Crippen molar-refractivity contribution in [1.82, 2.24) is 5.32 Å². The number of carbonyl (C=O) groups excluding carboxylic acids is 2. The third-order valence-corrected chi connectivity index (χ3v) is 2.04. The summed E-state index contributed by atoms with van der Waals surface area (Å²) in [7, 11) is 0. The zero-order chi connectivity index (χ0) is 12.1. The Kier molecular flexibility index (Phi) is 3.88. The Morgan fingerprint density at radius 1 is 1.25 bits per heavy atom. The number of primary amides is 1. The topological polar surface area (TPSA) is 98.2 Å². The minimum Gasteiger partial charge on any atom is -0.399 e. The number of hydrogen-bond acceptors (Lipinski definition) is 3. The summed E-state index contributed by atoms with van der Waals surface area (Å²) >= 11 is 0. The molecule has 5 N–H and O–H groups in total. The van der Waals surface area contributed by atoms with Gasteiger partial charge in [-0.2, -0.15) is 0 Å². The first-order valence-corrected chi connectivity index (χ1v) is 5.03. The van der Waals surface area contributed by atoms with E-state index in [-0.39, 0.29) is 11.5 Å². The largest absolute Gasteiger partial charge is 0.399 e. The van der Waals surface area contributed by atoms with E-state index in [4.69, 9.17) is 11.5 Å². The van der Waals surface area contributed by atoms with Gasteiger partial charge in [-0.15, -0.1) is 0 Å². The fourth-order valence-corrected chi connectivity index (χ4v) is 1.27. The highest BCUT2D eigenvalue weighted by Gasteiger charge is 2.09. The van der Waals surface area contributed by atoms with Crippen molar-refractivity contribution in [3.63, 3.8) is 0 Å². The molecule has 5 nitrogen and oxygen atoms in total. The van der Waals surface area contributed by atoms with Crippen LogP contribution in [0.15, 0.2) is 18.2 Å². The number of amides is 2. The van der Waals surface area contributed by atoms with Gasteiger partial charge in [-0.1, -0.05) is 6.92 Å². The van der Waals surface area contributed by atoms with Crippen molar-refractivity contribution in [1.29, 1.82) is 0 Å². The lowest BCUT2D eigenvalue weighted by Gasteiger charge is -2.06. The Bertz CT molecular complexity index is 416. The number of benzene rings is 1. The lowest BCUT2D eigenvalue weighted by Crippen LogP contribution is -2.24. The molecule has 0 heterocycles. The van der Waals surface area contributed by atoms with Crippen LogP contribution in [0.1, 0.15) is 34.1 Å². The van der Waals surface area contributed by atoms with Gasteiger partial charge in [0.1, 0.15) is 0 Å². The van der Waals surface area contributed by atoms with Crippen molar-refractivity contribution in [3.05, 3.63) is 29.3 Å². The normalized spacial score (nSPS) is 9.81. The van der Waals surface area contributed by atoms with Gasteiger partial charge in [0.15, 0.2) is 0 Å². The van der Waals surface area contributed by atoms with Gasteiger partial charge in [0, 0.05) is 23.4 Å². The first-order valence-electron chi connectivity index (χ1n) is 5.03. The SMILES string of the molecule is CCCNC(=O)c1cc(N)cc(C(N)=O)c1. The average Bonchev–Trinajstić information content (AvgIpc) is 2.24. The molecule has 1 rings (SSSR count). The van der Waals surface area contributed by atoms with Crippen LogP contribution in [-0.4, -0.2) is 18.4 Å². The molecular weight excluding hydrogens is 206 g/mol. The summed E-state index contributed by atoms with van der Waals surface area (Å²) in [6.07, 6.45) is 0.844. The highest BCUT2D eigenvalue weighted by Crippen LogP contribution is 2.11. The standard InChI is InChI=1S/C11H15N3O2/c1-2-3-14-11(16)8-4-7(10(13)15)5-9(12)6-8/h4-6H,2-3,12H2,1H3,(H2,13,15)(H,14,16). The van der Waals surface area contributed by atoms with Crippen molar-refractivity contribution in [2.24, 2.45) is 5.73 Å². The minimum atomic E-state index is -0.600. The van der Waals surface area contributed by atoms with Gasteiger partial charge in [0.05, 0.1) is 0 Å². The Balaban J connectivity index is 2.95. The van der Waals surface area contributed by atoms with Gasteiger partial charge in [-0.3, -0.25) is 9.59 Å². The molecule has 0 aliphatic carbocycles. The van der Waals surface area contributed by atoms with Crippen LogP contribution in [0.25, 0.3) is 0 Å². The Morgan fingerprint density at radius 2 is 1.88 bits per heavy atom. The molecule has 0 fully saturated rings. The summed E-state index contributed by atoms with van der Waals surface area (Å²) in [5, 5.41) is 2.70. The van der Waals surface area contributed by atoms with Gasteiger partial charge >= 0.3 is 0 Å². The second-order valence-corrected chi connectivity index (χ2v) is 3.46. The zero-order valence-corrected chi connectivity index (χ0v) is 9.12. The number of anilines is 1. The minimum absolute atomic E-state index is 0.238. The van der Waals surface area contributed by atoms with Crippen molar-refractivity contribution in [3.8, 4) is 0 Å². The van der Waals surface area contributed by atoms with E-state index in [1.165, 1.54) is 18.2 Å². The van der Waals surface area contributed by atoms with E-state index in [0.717, 1.165) is 6.42 Å². The number of rotatable bonds is 4. The first kappa shape index (κ1) is 12.0. The third-order valence-electron chi connectivity index (χ3n) is 2.04. The quantitative estimate of drug-likeness (QED) is 0.646. The predicted octanol–water partition coefficient (Wildman–Crippen LogP) is 0.508. The van der Waals surface area contributed by atoms with Crippen LogP contribution in [0.5, 0.6) is 0 Å². The van der Waals surface area contributed by atoms with Crippen molar-refractivity contribution in [2.75, 3.05) is 12.3 Å². The highest BCUT2D eigenvalue weighted by atomic mass is 16.2. The van der Waals surface area contributed by atoms with Crippen LogP contribution in [0, 0.1) is 0 Å². The van der Waals surface area contributed by atoms with Gasteiger partial charge in [0.2, 0.25) is 5.91 Å². The number of nitrogen functional groups attached to an aromatic ring is 1. The second kappa shape index (κ2) is 5.16. The molecule has 1 aromatic carbocycles. The average molecular weight is 221 g/mol. The van der Waals surface area contributed by atoms with Gasteiger partial charge in [-0.05, 0) is 24.6 Å². The maximum Gasteiger partial charge on any atom is 0.251 e. The van der Waals surface area contributed by atoms with Crippen LogP contribution in [0.4, 0.5) is 5.69 Å². The van der Waals surface area contributed by atoms with Crippen molar-refractivity contribution in [2.45, 2.75) is 13.3 Å².